The zero-order chi connectivity index (χ0) is 14.4. The van der Waals surface area contributed by atoms with Crippen molar-refractivity contribution in [3.8, 4) is 0 Å². The second kappa shape index (κ2) is 7.67. The Morgan fingerprint density at radius 3 is 2.60 bits per heavy atom. The van der Waals surface area contributed by atoms with Crippen molar-refractivity contribution in [2.75, 3.05) is 25.0 Å². The molecular weight excluding hydrogens is 316 g/mol. The number of carbonyl (C=O) groups excluding carboxylic acids is 1. The Hall–Kier alpha value is -1.03. The number of aryl methyl sites for hydroxylation is 1. The number of anilines is 1. The lowest BCUT2D eigenvalue weighted by Gasteiger charge is -2.20. The molecule has 1 aliphatic heterocycles. The zero-order valence-electron chi connectivity index (χ0n) is 12.1. The van der Waals surface area contributed by atoms with Crippen LogP contribution < -0.4 is 5.32 Å². The maximum atomic E-state index is 12.2. The van der Waals surface area contributed by atoms with Gasteiger partial charge in [0.05, 0.1) is 0 Å². The van der Waals surface area contributed by atoms with Crippen molar-refractivity contribution in [3.63, 3.8) is 0 Å². The van der Waals surface area contributed by atoms with Crippen LogP contribution in [0.1, 0.15) is 37.7 Å². The maximum Gasteiger partial charge on any atom is 0.224 e. The summed E-state index contributed by atoms with van der Waals surface area (Å²) in [6, 6.07) is 6.15. The molecule has 0 unspecified atom stereocenters. The third-order valence-electron chi connectivity index (χ3n) is 3.80. The zero-order valence-corrected chi connectivity index (χ0v) is 13.7. The predicted octanol–water partition coefficient (Wildman–Crippen LogP) is 3.96. The summed E-state index contributed by atoms with van der Waals surface area (Å²) >= 11 is 3.46. The van der Waals surface area contributed by atoms with Gasteiger partial charge in [0.15, 0.2) is 0 Å². The van der Waals surface area contributed by atoms with Gasteiger partial charge in [-0.25, -0.2) is 0 Å². The van der Waals surface area contributed by atoms with Gasteiger partial charge in [-0.1, -0.05) is 28.8 Å². The summed E-state index contributed by atoms with van der Waals surface area (Å²) in [6.45, 7) is 4.66. The van der Waals surface area contributed by atoms with Crippen molar-refractivity contribution in [2.45, 2.75) is 39.0 Å². The number of hydrogen-bond acceptors (Lipinski definition) is 2. The molecule has 110 valence electrons. The number of halogens is 1. The van der Waals surface area contributed by atoms with Crippen LogP contribution in [0, 0.1) is 6.92 Å². The molecule has 1 amide bonds. The van der Waals surface area contributed by atoms with Crippen molar-refractivity contribution < 1.29 is 4.79 Å². The number of benzene rings is 1. The molecule has 0 spiro atoms. The predicted molar refractivity (Wildman–Crippen MR) is 87.0 cm³/mol. The molecule has 0 radical (unpaired) electrons. The van der Waals surface area contributed by atoms with E-state index in [4.69, 9.17) is 0 Å². The first-order valence-corrected chi connectivity index (χ1v) is 8.24. The summed E-state index contributed by atoms with van der Waals surface area (Å²) in [5.74, 6) is 0.286. The molecule has 1 aromatic carbocycles. The van der Waals surface area contributed by atoms with Gasteiger partial charge in [-0.3, -0.25) is 4.79 Å². The molecule has 1 heterocycles. The summed E-state index contributed by atoms with van der Waals surface area (Å²) < 4.78 is 1.08. The van der Waals surface area contributed by atoms with Crippen LogP contribution in [0.5, 0.6) is 0 Å². The van der Waals surface area contributed by atoms with Crippen molar-refractivity contribution >= 4 is 27.5 Å². The van der Waals surface area contributed by atoms with Gasteiger partial charge in [0.25, 0.3) is 0 Å². The Morgan fingerprint density at radius 1 is 1.25 bits per heavy atom. The quantitative estimate of drug-likeness (QED) is 0.900. The van der Waals surface area contributed by atoms with Gasteiger partial charge >= 0.3 is 0 Å². The van der Waals surface area contributed by atoms with Crippen LogP contribution in [0.2, 0.25) is 0 Å². The third-order valence-corrected chi connectivity index (χ3v) is 4.29. The van der Waals surface area contributed by atoms with Crippen molar-refractivity contribution in [1.29, 1.82) is 0 Å². The van der Waals surface area contributed by atoms with Gasteiger partial charge in [-0.05, 0) is 43.5 Å². The van der Waals surface area contributed by atoms with Crippen LogP contribution in [-0.2, 0) is 4.79 Å². The molecule has 0 aromatic heterocycles. The van der Waals surface area contributed by atoms with Gasteiger partial charge in [0.1, 0.15) is 0 Å². The molecule has 0 atom stereocenters. The molecule has 1 saturated heterocycles. The minimum absolute atomic E-state index is 0.286. The number of rotatable bonds is 4. The van der Waals surface area contributed by atoms with E-state index in [9.17, 15) is 4.79 Å². The fraction of sp³-hybridized carbons (Fsp3) is 0.562. The topological polar surface area (TPSA) is 32.3 Å². The highest BCUT2D eigenvalue weighted by molar-refractivity contribution is 9.10. The molecule has 0 saturated carbocycles. The molecule has 1 N–H and O–H groups in total. The fourth-order valence-corrected chi connectivity index (χ4v) is 3.08. The molecule has 1 fully saturated rings. The van der Waals surface area contributed by atoms with Crippen LogP contribution in [0.25, 0.3) is 0 Å². The van der Waals surface area contributed by atoms with Crippen LogP contribution >= 0.6 is 15.9 Å². The van der Waals surface area contributed by atoms with E-state index in [0.717, 1.165) is 36.1 Å². The van der Waals surface area contributed by atoms with E-state index in [1.165, 1.54) is 18.4 Å². The highest BCUT2D eigenvalue weighted by Gasteiger charge is 2.14. The molecule has 4 heteroatoms. The fourth-order valence-electron chi connectivity index (χ4n) is 2.61. The lowest BCUT2D eigenvalue weighted by atomic mass is 10.2. The van der Waals surface area contributed by atoms with Crippen LogP contribution in [0.15, 0.2) is 22.7 Å². The molecule has 3 nitrogen and oxygen atoms in total. The van der Waals surface area contributed by atoms with Crippen molar-refractivity contribution in [3.05, 3.63) is 28.2 Å². The van der Waals surface area contributed by atoms with Crippen LogP contribution in [0.3, 0.4) is 0 Å². The number of hydrogen-bond donors (Lipinski definition) is 1. The van der Waals surface area contributed by atoms with E-state index in [0.29, 0.717) is 13.0 Å². The Bertz CT molecular complexity index is 454. The Balaban J connectivity index is 1.78. The number of nitrogens with zero attached hydrogens (tertiary/aromatic N) is 1. The molecular formula is C16H23BrN2O. The molecule has 0 aliphatic carbocycles. The molecule has 1 aromatic rings. The van der Waals surface area contributed by atoms with E-state index in [1.54, 1.807) is 0 Å². The monoisotopic (exact) mass is 338 g/mol. The molecule has 0 bridgehead atoms. The first-order chi connectivity index (χ1) is 9.66. The van der Waals surface area contributed by atoms with Gasteiger partial charge in [-0.2, -0.15) is 0 Å². The molecule has 1 aliphatic rings. The van der Waals surface area contributed by atoms with Crippen molar-refractivity contribution in [1.82, 2.24) is 4.90 Å². The third kappa shape index (κ3) is 4.51. The number of amides is 1. The van der Waals surface area contributed by atoms with Gasteiger partial charge in [-0.15, -0.1) is 0 Å². The average molecular weight is 339 g/mol. The van der Waals surface area contributed by atoms with E-state index in [-0.39, 0.29) is 5.91 Å². The summed E-state index contributed by atoms with van der Waals surface area (Å²) in [6.07, 6.45) is 5.42. The second-order valence-electron chi connectivity index (χ2n) is 5.43. The smallest absolute Gasteiger partial charge is 0.224 e. The minimum Gasteiger partial charge on any atom is -0.384 e. The van der Waals surface area contributed by atoms with Crippen molar-refractivity contribution in [2.24, 2.45) is 0 Å². The summed E-state index contributed by atoms with van der Waals surface area (Å²) in [5, 5.41) is 3.36. The summed E-state index contributed by atoms with van der Waals surface area (Å²) in [7, 11) is 0. The van der Waals surface area contributed by atoms with E-state index >= 15 is 0 Å². The minimum atomic E-state index is 0.286. The lowest BCUT2D eigenvalue weighted by Crippen LogP contribution is -2.32. The SMILES string of the molecule is Cc1cc(Br)ccc1NCCC(=O)N1CCCCCC1. The Morgan fingerprint density at radius 2 is 1.95 bits per heavy atom. The number of nitrogens with one attached hydrogen (secondary N) is 1. The number of likely N-dealkylation sites (tertiary alicyclic amines) is 1. The van der Waals surface area contributed by atoms with E-state index < -0.39 is 0 Å². The van der Waals surface area contributed by atoms with Gasteiger partial charge in [0.2, 0.25) is 5.91 Å². The van der Waals surface area contributed by atoms with Crippen LogP contribution in [0.4, 0.5) is 5.69 Å². The second-order valence-corrected chi connectivity index (χ2v) is 6.35. The van der Waals surface area contributed by atoms with E-state index in [1.807, 2.05) is 11.0 Å². The van der Waals surface area contributed by atoms with E-state index in [2.05, 4.69) is 40.3 Å². The van der Waals surface area contributed by atoms with Gasteiger partial charge in [0, 0.05) is 36.2 Å². The molecule has 20 heavy (non-hydrogen) atoms. The summed E-state index contributed by atoms with van der Waals surface area (Å²) in [5.41, 5.74) is 2.30. The summed E-state index contributed by atoms with van der Waals surface area (Å²) in [4.78, 5) is 14.2. The van der Waals surface area contributed by atoms with Gasteiger partial charge < -0.3 is 10.2 Å². The first-order valence-electron chi connectivity index (χ1n) is 7.44. The lowest BCUT2D eigenvalue weighted by molar-refractivity contribution is -0.130. The highest BCUT2D eigenvalue weighted by atomic mass is 79.9. The number of carbonyl (C=O) groups is 1. The maximum absolute atomic E-state index is 12.2. The largest absolute Gasteiger partial charge is 0.384 e. The average Bonchev–Trinajstić information content (AvgIpc) is 2.70. The highest BCUT2D eigenvalue weighted by Crippen LogP contribution is 2.20. The standard InChI is InChI=1S/C16H23BrN2O/c1-13-12-14(17)6-7-15(13)18-9-8-16(20)19-10-4-2-3-5-11-19/h6-7,12,18H,2-5,8-11H2,1H3. The first kappa shape index (κ1) is 15.4. The Labute approximate surface area is 129 Å². The Kier molecular flexibility index (Phi) is 5.89. The molecule has 2 rings (SSSR count). The van der Waals surface area contributed by atoms with Crippen LogP contribution in [-0.4, -0.2) is 30.4 Å². The normalized spacial score (nSPS) is 15.8.